The fraction of sp³-hybridized carbons (Fsp3) is 0.471. The standard InChI is InChI=1S/C17H24N2O2/c1-6-7-20-15-8-14(9-19-10-15)17(18-5)16-11(2)12(3)21-13(16)4/h8-10,17-18H,6-7H2,1-5H3. The van der Waals surface area contributed by atoms with Gasteiger partial charge in [-0.2, -0.15) is 0 Å². The van der Waals surface area contributed by atoms with E-state index in [4.69, 9.17) is 9.15 Å². The third kappa shape index (κ3) is 3.27. The van der Waals surface area contributed by atoms with Gasteiger partial charge in [-0.15, -0.1) is 0 Å². The van der Waals surface area contributed by atoms with E-state index in [2.05, 4.69) is 24.1 Å². The molecule has 0 amide bonds. The lowest BCUT2D eigenvalue weighted by Crippen LogP contribution is -2.19. The zero-order chi connectivity index (χ0) is 15.4. The summed E-state index contributed by atoms with van der Waals surface area (Å²) in [6.45, 7) is 8.89. The van der Waals surface area contributed by atoms with Gasteiger partial charge in [0.05, 0.1) is 18.8 Å². The molecule has 0 saturated heterocycles. The number of furan rings is 1. The molecule has 0 radical (unpaired) electrons. The topological polar surface area (TPSA) is 47.3 Å². The van der Waals surface area contributed by atoms with E-state index >= 15 is 0 Å². The van der Waals surface area contributed by atoms with Crippen LogP contribution in [0.4, 0.5) is 0 Å². The van der Waals surface area contributed by atoms with Crippen molar-refractivity contribution in [3.05, 3.63) is 46.7 Å². The van der Waals surface area contributed by atoms with E-state index in [1.54, 1.807) is 6.20 Å². The average Bonchev–Trinajstić information content (AvgIpc) is 2.73. The van der Waals surface area contributed by atoms with Gasteiger partial charge in [0.25, 0.3) is 0 Å². The van der Waals surface area contributed by atoms with Gasteiger partial charge in [0.1, 0.15) is 17.3 Å². The van der Waals surface area contributed by atoms with Crippen LogP contribution in [0.25, 0.3) is 0 Å². The van der Waals surface area contributed by atoms with Crippen LogP contribution in [0.1, 0.15) is 47.6 Å². The van der Waals surface area contributed by atoms with Crippen molar-refractivity contribution < 1.29 is 9.15 Å². The van der Waals surface area contributed by atoms with Gasteiger partial charge in [0.2, 0.25) is 0 Å². The summed E-state index contributed by atoms with van der Waals surface area (Å²) in [5.74, 6) is 2.73. The fourth-order valence-corrected chi connectivity index (χ4v) is 2.60. The number of aromatic nitrogens is 1. The minimum absolute atomic E-state index is 0.0557. The van der Waals surface area contributed by atoms with Gasteiger partial charge in [-0.3, -0.25) is 4.98 Å². The first-order valence-corrected chi connectivity index (χ1v) is 7.40. The smallest absolute Gasteiger partial charge is 0.137 e. The molecule has 4 heteroatoms. The molecule has 0 saturated carbocycles. The number of aryl methyl sites for hydroxylation is 2. The number of pyridine rings is 1. The molecular formula is C17H24N2O2. The van der Waals surface area contributed by atoms with E-state index in [1.165, 1.54) is 11.1 Å². The lowest BCUT2D eigenvalue weighted by atomic mass is 9.96. The van der Waals surface area contributed by atoms with Crippen LogP contribution < -0.4 is 10.1 Å². The molecule has 4 nitrogen and oxygen atoms in total. The van der Waals surface area contributed by atoms with Gasteiger partial charge >= 0.3 is 0 Å². The lowest BCUT2D eigenvalue weighted by Gasteiger charge is -2.18. The molecule has 0 aliphatic rings. The highest BCUT2D eigenvalue weighted by molar-refractivity contribution is 5.41. The summed E-state index contributed by atoms with van der Waals surface area (Å²) in [7, 11) is 1.95. The van der Waals surface area contributed by atoms with Crippen molar-refractivity contribution in [3.63, 3.8) is 0 Å². The second kappa shape index (κ2) is 6.76. The first kappa shape index (κ1) is 15.6. The Morgan fingerprint density at radius 2 is 2.00 bits per heavy atom. The largest absolute Gasteiger partial charge is 0.492 e. The van der Waals surface area contributed by atoms with E-state index in [-0.39, 0.29) is 6.04 Å². The van der Waals surface area contributed by atoms with Gasteiger partial charge < -0.3 is 14.5 Å². The molecule has 1 N–H and O–H groups in total. The lowest BCUT2D eigenvalue weighted by molar-refractivity contribution is 0.315. The predicted molar refractivity (Wildman–Crippen MR) is 83.8 cm³/mol. The zero-order valence-corrected chi connectivity index (χ0v) is 13.5. The van der Waals surface area contributed by atoms with Crippen molar-refractivity contribution >= 4 is 0 Å². The molecule has 0 spiro atoms. The second-order valence-electron chi connectivity index (χ2n) is 5.28. The Morgan fingerprint density at radius 3 is 2.57 bits per heavy atom. The summed E-state index contributed by atoms with van der Waals surface area (Å²) >= 11 is 0. The van der Waals surface area contributed by atoms with Crippen molar-refractivity contribution in [1.82, 2.24) is 10.3 Å². The summed E-state index contributed by atoms with van der Waals surface area (Å²) in [5.41, 5.74) is 3.45. The maximum absolute atomic E-state index is 5.75. The Morgan fingerprint density at radius 1 is 1.24 bits per heavy atom. The van der Waals surface area contributed by atoms with Crippen LogP contribution in [0.5, 0.6) is 5.75 Å². The fourth-order valence-electron chi connectivity index (χ4n) is 2.60. The number of nitrogens with zero attached hydrogens (tertiary/aromatic N) is 1. The second-order valence-corrected chi connectivity index (χ2v) is 5.28. The third-order valence-electron chi connectivity index (χ3n) is 3.74. The number of ether oxygens (including phenoxy) is 1. The van der Waals surface area contributed by atoms with Gasteiger partial charge in [-0.25, -0.2) is 0 Å². The maximum atomic E-state index is 5.75. The summed E-state index contributed by atoms with van der Waals surface area (Å²) in [4.78, 5) is 4.30. The number of nitrogens with one attached hydrogen (secondary N) is 1. The van der Waals surface area contributed by atoms with Gasteiger partial charge in [-0.05, 0) is 51.4 Å². The molecule has 0 aromatic carbocycles. The summed E-state index contributed by atoms with van der Waals surface area (Å²) < 4.78 is 11.4. The van der Waals surface area contributed by atoms with Crippen LogP contribution in [0.15, 0.2) is 22.9 Å². The first-order chi connectivity index (χ1) is 10.1. The van der Waals surface area contributed by atoms with Crippen LogP contribution in [0.3, 0.4) is 0 Å². The van der Waals surface area contributed by atoms with Crippen LogP contribution in [-0.4, -0.2) is 18.6 Å². The minimum atomic E-state index is 0.0557. The van der Waals surface area contributed by atoms with Crippen LogP contribution in [0.2, 0.25) is 0 Å². The molecule has 1 atom stereocenters. The Labute approximate surface area is 126 Å². The van der Waals surface area contributed by atoms with Gasteiger partial charge in [-0.1, -0.05) is 6.92 Å². The molecule has 0 fully saturated rings. The third-order valence-corrected chi connectivity index (χ3v) is 3.74. The Bertz CT molecular complexity index is 605. The molecule has 2 aromatic heterocycles. The average molecular weight is 288 g/mol. The highest BCUT2D eigenvalue weighted by atomic mass is 16.5. The number of hydrogen-bond acceptors (Lipinski definition) is 4. The Balaban J connectivity index is 2.37. The van der Waals surface area contributed by atoms with Crippen molar-refractivity contribution in [1.29, 1.82) is 0 Å². The molecular weight excluding hydrogens is 264 g/mol. The van der Waals surface area contributed by atoms with E-state index in [1.807, 2.05) is 33.2 Å². The molecule has 1 unspecified atom stereocenters. The van der Waals surface area contributed by atoms with Crippen molar-refractivity contribution in [2.45, 2.75) is 40.2 Å². The monoisotopic (exact) mass is 288 g/mol. The van der Waals surface area contributed by atoms with Gasteiger partial charge in [0, 0.05) is 11.8 Å². The highest BCUT2D eigenvalue weighted by Gasteiger charge is 2.22. The van der Waals surface area contributed by atoms with Crippen molar-refractivity contribution in [3.8, 4) is 5.75 Å². The van der Waals surface area contributed by atoms with Crippen LogP contribution >= 0.6 is 0 Å². The summed E-state index contributed by atoms with van der Waals surface area (Å²) in [5, 5.41) is 3.36. The quantitative estimate of drug-likeness (QED) is 0.880. The number of rotatable bonds is 6. The molecule has 0 aliphatic carbocycles. The normalized spacial score (nSPS) is 12.4. The van der Waals surface area contributed by atoms with Gasteiger partial charge in [0.15, 0.2) is 0 Å². The predicted octanol–water partition coefficient (Wildman–Crippen LogP) is 3.70. The summed E-state index contributed by atoms with van der Waals surface area (Å²) in [6.07, 6.45) is 4.62. The first-order valence-electron chi connectivity index (χ1n) is 7.40. The molecule has 114 valence electrons. The summed E-state index contributed by atoms with van der Waals surface area (Å²) in [6, 6.07) is 2.10. The maximum Gasteiger partial charge on any atom is 0.137 e. The van der Waals surface area contributed by atoms with E-state index < -0.39 is 0 Å². The van der Waals surface area contributed by atoms with Crippen molar-refractivity contribution in [2.75, 3.05) is 13.7 Å². The van der Waals surface area contributed by atoms with E-state index in [9.17, 15) is 0 Å². The van der Waals surface area contributed by atoms with E-state index in [0.29, 0.717) is 6.61 Å². The molecule has 2 heterocycles. The van der Waals surface area contributed by atoms with Crippen molar-refractivity contribution in [2.24, 2.45) is 0 Å². The Kier molecular flexibility index (Phi) is 5.02. The van der Waals surface area contributed by atoms with E-state index in [0.717, 1.165) is 29.3 Å². The minimum Gasteiger partial charge on any atom is -0.492 e. The van der Waals surface area contributed by atoms with Crippen LogP contribution in [0, 0.1) is 20.8 Å². The number of hydrogen-bond donors (Lipinski definition) is 1. The Hall–Kier alpha value is -1.81. The molecule has 0 aliphatic heterocycles. The highest BCUT2D eigenvalue weighted by Crippen LogP contribution is 2.32. The molecule has 0 bridgehead atoms. The molecule has 2 aromatic rings. The zero-order valence-electron chi connectivity index (χ0n) is 13.5. The molecule has 21 heavy (non-hydrogen) atoms. The molecule has 2 rings (SSSR count). The SMILES string of the molecule is CCCOc1cncc(C(NC)c2c(C)oc(C)c2C)c1. The van der Waals surface area contributed by atoms with Crippen LogP contribution in [-0.2, 0) is 0 Å².